The van der Waals surface area contributed by atoms with E-state index in [4.69, 9.17) is 5.73 Å². The molecule has 2 nitrogen and oxygen atoms in total. The highest BCUT2D eigenvalue weighted by atomic mass is 15.2. The first-order chi connectivity index (χ1) is 9.65. The average Bonchev–Trinajstić information content (AvgIpc) is 2.87. The molecule has 2 aliphatic carbocycles. The number of nitrogens with two attached hydrogens (primary N) is 1. The molecular weight excluding hydrogens is 244 g/mol. The number of rotatable bonds is 6. The highest BCUT2D eigenvalue weighted by Gasteiger charge is 2.35. The van der Waals surface area contributed by atoms with E-state index >= 15 is 0 Å². The van der Waals surface area contributed by atoms with Crippen LogP contribution in [0.1, 0.15) is 72.1 Å². The van der Waals surface area contributed by atoms with Crippen molar-refractivity contribution in [2.75, 3.05) is 13.1 Å². The van der Waals surface area contributed by atoms with Crippen LogP contribution in [0, 0.1) is 17.8 Å². The summed E-state index contributed by atoms with van der Waals surface area (Å²) in [5.74, 6) is 2.60. The quantitative estimate of drug-likeness (QED) is 0.795. The zero-order valence-corrected chi connectivity index (χ0v) is 14.0. The molecule has 2 fully saturated rings. The second-order valence-corrected chi connectivity index (χ2v) is 7.64. The van der Waals surface area contributed by atoms with Gasteiger partial charge in [0, 0.05) is 12.1 Å². The van der Waals surface area contributed by atoms with E-state index in [0.29, 0.717) is 0 Å². The molecule has 0 aromatic rings. The zero-order valence-electron chi connectivity index (χ0n) is 14.0. The molecule has 20 heavy (non-hydrogen) atoms. The fraction of sp³-hybridized carbons (Fsp3) is 1.00. The molecule has 4 atom stereocenters. The maximum atomic E-state index is 6.01. The van der Waals surface area contributed by atoms with Gasteiger partial charge in [0.2, 0.25) is 0 Å². The summed E-state index contributed by atoms with van der Waals surface area (Å²) >= 11 is 0. The van der Waals surface area contributed by atoms with Gasteiger partial charge in [0.05, 0.1) is 0 Å². The Kier molecular flexibility index (Phi) is 6.35. The second-order valence-electron chi connectivity index (χ2n) is 7.64. The summed E-state index contributed by atoms with van der Waals surface area (Å²) in [6.07, 6.45) is 11.4. The van der Waals surface area contributed by atoms with Gasteiger partial charge in [0.1, 0.15) is 0 Å². The van der Waals surface area contributed by atoms with E-state index in [1.54, 1.807) is 0 Å². The van der Waals surface area contributed by atoms with Gasteiger partial charge in [-0.1, -0.05) is 40.0 Å². The lowest BCUT2D eigenvalue weighted by Crippen LogP contribution is -2.48. The van der Waals surface area contributed by atoms with Crippen LogP contribution in [0.15, 0.2) is 0 Å². The van der Waals surface area contributed by atoms with Crippen LogP contribution in [0.5, 0.6) is 0 Å². The molecule has 0 aliphatic heterocycles. The fourth-order valence-electron chi connectivity index (χ4n) is 4.94. The standard InChI is InChI=1S/C18H36N2/c1-4-20(18-10-6-8-16(18)13-19)17-9-5-7-15(12-17)11-14(2)3/h14-18H,4-13,19H2,1-3H3. The van der Waals surface area contributed by atoms with Gasteiger partial charge in [-0.2, -0.15) is 0 Å². The Bertz CT molecular complexity index is 277. The predicted octanol–water partition coefficient (Wildman–Crippen LogP) is 4.04. The van der Waals surface area contributed by atoms with Gasteiger partial charge in [-0.05, 0) is 62.9 Å². The predicted molar refractivity (Wildman–Crippen MR) is 87.8 cm³/mol. The molecule has 2 N–H and O–H groups in total. The highest BCUT2D eigenvalue weighted by molar-refractivity contribution is 4.91. The summed E-state index contributed by atoms with van der Waals surface area (Å²) in [7, 11) is 0. The first-order valence-corrected chi connectivity index (χ1v) is 9.11. The van der Waals surface area contributed by atoms with Gasteiger partial charge >= 0.3 is 0 Å². The minimum absolute atomic E-state index is 0.764. The second kappa shape index (κ2) is 7.79. The van der Waals surface area contributed by atoms with Crippen molar-refractivity contribution in [1.29, 1.82) is 0 Å². The SMILES string of the molecule is CCN(C1CCCC(CC(C)C)C1)C1CCCC1CN. The van der Waals surface area contributed by atoms with Gasteiger partial charge in [-0.25, -0.2) is 0 Å². The van der Waals surface area contributed by atoms with Crippen LogP contribution >= 0.6 is 0 Å². The fourth-order valence-corrected chi connectivity index (χ4v) is 4.94. The molecule has 0 radical (unpaired) electrons. The number of hydrogen-bond donors (Lipinski definition) is 1. The van der Waals surface area contributed by atoms with E-state index in [1.807, 2.05) is 0 Å². The third-order valence-corrected chi connectivity index (χ3v) is 5.74. The Morgan fingerprint density at radius 2 is 1.85 bits per heavy atom. The van der Waals surface area contributed by atoms with Crippen molar-refractivity contribution < 1.29 is 0 Å². The lowest BCUT2D eigenvalue weighted by atomic mass is 9.80. The van der Waals surface area contributed by atoms with Gasteiger partial charge in [0.25, 0.3) is 0 Å². The molecular formula is C18H36N2. The van der Waals surface area contributed by atoms with Crippen LogP contribution in [0.3, 0.4) is 0 Å². The normalized spacial score (nSPS) is 35.1. The van der Waals surface area contributed by atoms with Crippen molar-refractivity contribution >= 4 is 0 Å². The third kappa shape index (κ3) is 3.98. The molecule has 0 saturated heterocycles. The number of nitrogens with zero attached hydrogens (tertiary/aromatic N) is 1. The first-order valence-electron chi connectivity index (χ1n) is 9.11. The first kappa shape index (κ1) is 16.3. The molecule has 0 amide bonds. The van der Waals surface area contributed by atoms with Crippen LogP contribution < -0.4 is 5.73 Å². The van der Waals surface area contributed by atoms with Crippen LogP contribution in [-0.2, 0) is 0 Å². The highest BCUT2D eigenvalue weighted by Crippen LogP contribution is 2.37. The topological polar surface area (TPSA) is 29.3 Å². The van der Waals surface area contributed by atoms with Crippen molar-refractivity contribution in [2.45, 2.75) is 84.2 Å². The largest absolute Gasteiger partial charge is 0.330 e. The van der Waals surface area contributed by atoms with Crippen LogP contribution in [-0.4, -0.2) is 30.1 Å². The Morgan fingerprint density at radius 3 is 2.50 bits per heavy atom. The van der Waals surface area contributed by atoms with Gasteiger partial charge < -0.3 is 5.73 Å². The van der Waals surface area contributed by atoms with Crippen molar-refractivity contribution in [2.24, 2.45) is 23.5 Å². The molecule has 0 aromatic carbocycles. The minimum atomic E-state index is 0.764. The lowest BCUT2D eigenvalue weighted by Gasteiger charge is -2.42. The van der Waals surface area contributed by atoms with Gasteiger partial charge in [0.15, 0.2) is 0 Å². The van der Waals surface area contributed by atoms with E-state index in [1.165, 1.54) is 57.9 Å². The monoisotopic (exact) mass is 280 g/mol. The molecule has 2 rings (SSSR count). The smallest absolute Gasteiger partial charge is 0.0138 e. The molecule has 0 heterocycles. The Morgan fingerprint density at radius 1 is 1.10 bits per heavy atom. The average molecular weight is 280 g/mol. The molecule has 0 aromatic heterocycles. The summed E-state index contributed by atoms with van der Waals surface area (Å²) in [4.78, 5) is 2.84. The maximum absolute atomic E-state index is 6.01. The van der Waals surface area contributed by atoms with Crippen LogP contribution in [0.2, 0.25) is 0 Å². The molecule has 0 bridgehead atoms. The molecule has 2 aliphatic rings. The summed E-state index contributed by atoms with van der Waals surface area (Å²) < 4.78 is 0. The Labute approximate surface area is 126 Å². The van der Waals surface area contributed by atoms with Crippen LogP contribution in [0.25, 0.3) is 0 Å². The molecule has 118 valence electrons. The number of hydrogen-bond acceptors (Lipinski definition) is 2. The van der Waals surface area contributed by atoms with Gasteiger partial charge in [-0.15, -0.1) is 0 Å². The van der Waals surface area contributed by atoms with Crippen molar-refractivity contribution in [1.82, 2.24) is 4.90 Å². The molecule has 0 spiro atoms. The summed E-state index contributed by atoms with van der Waals surface area (Å²) in [6.45, 7) is 9.23. The molecule has 2 saturated carbocycles. The Hall–Kier alpha value is -0.0800. The van der Waals surface area contributed by atoms with Crippen molar-refractivity contribution in [3.05, 3.63) is 0 Å². The molecule has 4 unspecified atom stereocenters. The molecule has 2 heteroatoms. The van der Waals surface area contributed by atoms with Crippen molar-refractivity contribution in [3.8, 4) is 0 Å². The van der Waals surface area contributed by atoms with E-state index in [2.05, 4.69) is 25.7 Å². The van der Waals surface area contributed by atoms with Crippen LogP contribution in [0.4, 0.5) is 0 Å². The van der Waals surface area contributed by atoms with Gasteiger partial charge in [-0.3, -0.25) is 4.90 Å². The summed E-state index contributed by atoms with van der Waals surface area (Å²) in [6, 6.07) is 1.63. The maximum Gasteiger partial charge on any atom is 0.0138 e. The van der Waals surface area contributed by atoms with E-state index in [-0.39, 0.29) is 0 Å². The van der Waals surface area contributed by atoms with E-state index in [9.17, 15) is 0 Å². The third-order valence-electron chi connectivity index (χ3n) is 5.74. The summed E-state index contributed by atoms with van der Waals surface area (Å²) in [5.41, 5.74) is 6.01. The minimum Gasteiger partial charge on any atom is -0.330 e. The Balaban J connectivity index is 1.96. The van der Waals surface area contributed by atoms with E-state index < -0.39 is 0 Å². The zero-order chi connectivity index (χ0) is 14.5. The lowest BCUT2D eigenvalue weighted by molar-refractivity contribution is 0.0693. The van der Waals surface area contributed by atoms with Crippen molar-refractivity contribution in [3.63, 3.8) is 0 Å². The van der Waals surface area contributed by atoms with E-state index in [0.717, 1.165) is 36.4 Å². The summed E-state index contributed by atoms with van der Waals surface area (Å²) in [5, 5.41) is 0.